The third-order valence-corrected chi connectivity index (χ3v) is 4.84. The number of carbonyl (C=O) groups is 3. The zero-order valence-electron chi connectivity index (χ0n) is 16.2. The van der Waals surface area contributed by atoms with Gasteiger partial charge in [-0.15, -0.1) is 0 Å². The number of alkyl carbamates (subject to hydrolysis) is 1. The van der Waals surface area contributed by atoms with E-state index in [0.29, 0.717) is 28.4 Å². The summed E-state index contributed by atoms with van der Waals surface area (Å²) in [5, 5.41) is 21.2. The first-order valence-corrected chi connectivity index (χ1v) is 10.0. The normalized spacial score (nSPS) is 12.9. The Balaban J connectivity index is 2.16. The van der Waals surface area contributed by atoms with E-state index in [1.165, 1.54) is 12.1 Å². The number of carboxylic acid groups (broad SMARTS) is 1. The zero-order chi connectivity index (χ0) is 22.1. The largest absolute Gasteiger partial charge is 0.508 e. The van der Waals surface area contributed by atoms with Crippen LogP contribution in [0.5, 0.6) is 5.75 Å². The Kier molecular flexibility index (Phi) is 8.61. The molecule has 2 aromatic carbocycles. The Hall–Kier alpha value is -3.13. The van der Waals surface area contributed by atoms with E-state index in [-0.39, 0.29) is 11.7 Å². The highest BCUT2D eigenvalue weighted by Crippen LogP contribution is 2.36. The highest BCUT2D eigenvalue weighted by atomic mass is 79.9. The number of carboxylic acids is 1. The fourth-order valence-corrected chi connectivity index (χ4v) is 3.21. The molecule has 0 unspecified atom stereocenters. The number of allylic oxidation sites excluding steroid dienone is 1. The van der Waals surface area contributed by atoms with E-state index < -0.39 is 24.1 Å². The molecule has 30 heavy (non-hydrogen) atoms. The van der Waals surface area contributed by atoms with E-state index in [9.17, 15) is 19.5 Å². The van der Waals surface area contributed by atoms with Crippen molar-refractivity contribution >= 4 is 33.9 Å². The predicted molar refractivity (Wildman–Crippen MR) is 114 cm³/mol. The maximum atomic E-state index is 12.4. The molecule has 158 valence electrons. The van der Waals surface area contributed by atoms with Crippen LogP contribution in [0.1, 0.15) is 41.8 Å². The maximum absolute atomic E-state index is 12.4. The van der Waals surface area contributed by atoms with Gasteiger partial charge in [0.1, 0.15) is 11.9 Å². The number of aliphatic carboxylic acids is 1. The Labute approximate surface area is 182 Å². The summed E-state index contributed by atoms with van der Waals surface area (Å²) >= 11 is 3.33. The predicted octanol–water partition coefficient (Wildman–Crippen LogP) is 4.82. The van der Waals surface area contributed by atoms with Crippen LogP contribution in [0, 0.1) is 5.92 Å². The van der Waals surface area contributed by atoms with Crippen LogP contribution in [0.25, 0.3) is 0 Å². The lowest BCUT2D eigenvalue weighted by atomic mass is 9.92. The molecule has 2 aromatic rings. The lowest BCUT2D eigenvalue weighted by Gasteiger charge is -2.25. The fraction of sp³-hybridized carbons (Fsp3) is 0.227. The van der Waals surface area contributed by atoms with Gasteiger partial charge in [-0.1, -0.05) is 47.1 Å². The second-order valence-corrected chi connectivity index (χ2v) is 7.56. The molecule has 0 aliphatic rings. The molecule has 3 N–H and O–H groups in total. The van der Waals surface area contributed by atoms with Crippen molar-refractivity contribution in [2.75, 3.05) is 0 Å². The standard InChI is InChI=1S/C22H22BrNO6/c1-14(7-5-6-10-19(26)27)20(17-13-16(23)11-12-18(17)25)30-22(29)24-21(28)15-8-3-2-4-9-15/h2-4,6,8-14,20,25H,5,7H2,1H3,(H,26,27)(H,24,28,29)/b10-6+/t14-,20-/m1/s1. The number of benzene rings is 2. The number of carbonyl (C=O) groups excluding carboxylic acids is 2. The Morgan fingerprint density at radius 2 is 1.87 bits per heavy atom. The fourth-order valence-electron chi connectivity index (χ4n) is 2.83. The SMILES string of the molecule is C[C@H](CC/C=C/C(=O)O)[C@@H](OC(=O)NC(=O)c1ccccc1)c1cc(Br)ccc1O. The molecule has 7 nitrogen and oxygen atoms in total. The van der Waals surface area contributed by atoms with Gasteiger partial charge in [0.15, 0.2) is 0 Å². The summed E-state index contributed by atoms with van der Waals surface area (Å²) in [6.45, 7) is 1.81. The molecule has 0 spiro atoms. The van der Waals surface area contributed by atoms with Gasteiger partial charge >= 0.3 is 12.1 Å². The monoisotopic (exact) mass is 475 g/mol. The molecule has 2 amide bonds. The second kappa shape index (κ2) is 11.2. The van der Waals surface area contributed by atoms with E-state index in [2.05, 4.69) is 21.2 Å². The minimum absolute atomic E-state index is 0.0571. The quantitative estimate of drug-likeness (QED) is 0.471. The van der Waals surface area contributed by atoms with Crippen molar-refractivity contribution in [2.24, 2.45) is 5.92 Å². The van der Waals surface area contributed by atoms with Crippen molar-refractivity contribution in [1.29, 1.82) is 0 Å². The number of halogens is 1. The molecule has 2 rings (SSSR count). The summed E-state index contributed by atoms with van der Waals surface area (Å²) in [6, 6.07) is 13.0. The lowest BCUT2D eigenvalue weighted by molar-refractivity contribution is -0.131. The van der Waals surface area contributed by atoms with E-state index in [4.69, 9.17) is 9.84 Å². The molecular weight excluding hydrogens is 454 g/mol. The number of amides is 2. The van der Waals surface area contributed by atoms with Gasteiger partial charge in [-0.25, -0.2) is 9.59 Å². The van der Waals surface area contributed by atoms with E-state index in [1.807, 2.05) is 6.92 Å². The van der Waals surface area contributed by atoms with Crippen LogP contribution in [-0.4, -0.2) is 28.2 Å². The molecule has 0 radical (unpaired) electrons. The van der Waals surface area contributed by atoms with Gasteiger partial charge in [0.05, 0.1) is 0 Å². The number of rotatable bonds is 8. The number of aromatic hydroxyl groups is 1. The molecule has 0 fully saturated rings. The van der Waals surface area contributed by atoms with Crippen molar-refractivity contribution in [3.8, 4) is 5.75 Å². The number of hydrogen-bond donors (Lipinski definition) is 3. The summed E-state index contributed by atoms with van der Waals surface area (Å²) in [5.41, 5.74) is 0.685. The lowest BCUT2D eigenvalue weighted by Crippen LogP contribution is -2.33. The first kappa shape index (κ1) is 23.2. The summed E-state index contributed by atoms with van der Waals surface area (Å²) in [5.74, 6) is -1.98. The van der Waals surface area contributed by atoms with Crippen LogP contribution in [0.2, 0.25) is 0 Å². The summed E-state index contributed by atoms with van der Waals surface area (Å²) in [6.07, 6.45) is 1.68. The van der Waals surface area contributed by atoms with Gasteiger partial charge in [-0.2, -0.15) is 0 Å². The Bertz CT molecular complexity index is 928. The van der Waals surface area contributed by atoms with Crippen molar-refractivity contribution in [3.05, 3.63) is 76.3 Å². The number of nitrogens with one attached hydrogen (secondary N) is 1. The summed E-state index contributed by atoms with van der Waals surface area (Å²) < 4.78 is 6.20. The van der Waals surface area contributed by atoms with Crippen LogP contribution < -0.4 is 5.32 Å². The van der Waals surface area contributed by atoms with Gasteiger partial charge in [-0.05, 0) is 49.1 Å². The smallest absolute Gasteiger partial charge is 0.414 e. The highest BCUT2D eigenvalue weighted by molar-refractivity contribution is 9.10. The van der Waals surface area contributed by atoms with Gasteiger partial charge in [0.25, 0.3) is 5.91 Å². The topological polar surface area (TPSA) is 113 Å². The first-order valence-electron chi connectivity index (χ1n) is 9.22. The van der Waals surface area contributed by atoms with Crippen LogP contribution in [0.15, 0.2) is 65.2 Å². The number of imide groups is 1. The zero-order valence-corrected chi connectivity index (χ0v) is 17.8. The van der Waals surface area contributed by atoms with Crippen LogP contribution >= 0.6 is 15.9 Å². The molecule has 2 atom stereocenters. The Morgan fingerprint density at radius 1 is 1.17 bits per heavy atom. The third kappa shape index (κ3) is 7.04. The summed E-state index contributed by atoms with van der Waals surface area (Å²) in [4.78, 5) is 35.2. The molecule has 0 aliphatic carbocycles. The second-order valence-electron chi connectivity index (χ2n) is 6.64. The Morgan fingerprint density at radius 3 is 2.53 bits per heavy atom. The molecule has 0 heterocycles. The first-order chi connectivity index (χ1) is 14.3. The van der Waals surface area contributed by atoms with Gasteiger partial charge < -0.3 is 14.9 Å². The van der Waals surface area contributed by atoms with Crippen molar-refractivity contribution < 1.29 is 29.3 Å². The minimum Gasteiger partial charge on any atom is -0.508 e. The minimum atomic E-state index is -1.04. The average molecular weight is 476 g/mol. The van der Waals surface area contributed by atoms with Crippen molar-refractivity contribution in [3.63, 3.8) is 0 Å². The van der Waals surface area contributed by atoms with Crippen LogP contribution in [0.4, 0.5) is 4.79 Å². The third-order valence-electron chi connectivity index (χ3n) is 4.35. The van der Waals surface area contributed by atoms with Gasteiger partial charge in [-0.3, -0.25) is 10.1 Å². The summed E-state index contributed by atoms with van der Waals surface area (Å²) in [7, 11) is 0. The van der Waals surface area contributed by atoms with Crippen LogP contribution in [-0.2, 0) is 9.53 Å². The number of hydrogen-bond acceptors (Lipinski definition) is 5. The van der Waals surface area contributed by atoms with Crippen molar-refractivity contribution in [2.45, 2.75) is 25.9 Å². The molecule has 0 aliphatic heterocycles. The van der Waals surface area contributed by atoms with Crippen LogP contribution in [0.3, 0.4) is 0 Å². The molecule has 0 bridgehead atoms. The van der Waals surface area contributed by atoms with Gasteiger partial charge in [0.2, 0.25) is 0 Å². The van der Waals surface area contributed by atoms with Crippen molar-refractivity contribution in [1.82, 2.24) is 5.32 Å². The molecule has 0 aromatic heterocycles. The van der Waals surface area contributed by atoms with E-state index in [0.717, 1.165) is 6.08 Å². The number of phenolic OH excluding ortho intramolecular Hbond substituents is 1. The maximum Gasteiger partial charge on any atom is 0.414 e. The average Bonchev–Trinajstić information content (AvgIpc) is 2.71. The van der Waals surface area contributed by atoms with Gasteiger partial charge in [0, 0.05) is 21.7 Å². The molecule has 0 saturated carbocycles. The number of phenols is 1. The van der Waals surface area contributed by atoms with E-state index in [1.54, 1.807) is 42.5 Å². The molecular formula is C22H22BrNO6. The highest BCUT2D eigenvalue weighted by Gasteiger charge is 2.27. The number of ether oxygens (including phenoxy) is 1. The molecule has 8 heteroatoms. The van der Waals surface area contributed by atoms with E-state index >= 15 is 0 Å². The molecule has 0 saturated heterocycles.